The predicted octanol–water partition coefficient (Wildman–Crippen LogP) is 3.99. The van der Waals surface area contributed by atoms with E-state index in [1.54, 1.807) is 12.2 Å². The van der Waals surface area contributed by atoms with Crippen LogP contribution in [0.5, 0.6) is 0 Å². The van der Waals surface area contributed by atoms with Gasteiger partial charge >= 0.3 is 0 Å². The largest absolute Gasteiger partial charge is 0.375 e. The lowest BCUT2D eigenvalue weighted by Gasteiger charge is -2.38. The fourth-order valence-corrected chi connectivity index (χ4v) is 9.49. The molecule has 2 aromatic rings. The second-order valence-electron chi connectivity index (χ2n) is 14.3. The summed E-state index contributed by atoms with van der Waals surface area (Å²) >= 11 is 1.46. The number of thioether (sulfide) groups is 1. The molecule has 7 rings (SSSR count). The van der Waals surface area contributed by atoms with E-state index < -0.39 is 11.2 Å². The summed E-state index contributed by atoms with van der Waals surface area (Å²) in [7, 11) is 0. The van der Waals surface area contributed by atoms with Crippen LogP contribution in [0.3, 0.4) is 0 Å². The molecule has 0 aromatic heterocycles. The molecule has 5 aliphatic rings. The molecule has 2 amide bonds. The van der Waals surface area contributed by atoms with E-state index in [-0.39, 0.29) is 23.8 Å². The third-order valence-corrected chi connectivity index (χ3v) is 12.6. The first-order valence-corrected chi connectivity index (χ1v) is 18.9. The van der Waals surface area contributed by atoms with Crippen LogP contribution in [0.2, 0.25) is 0 Å². The lowest BCUT2D eigenvalue weighted by atomic mass is 9.83. The van der Waals surface area contributed by atoms with E-state index in [1.165, 1.54) is 11.8 Å². The van der Waals surface area contributed by atoms with Crippen LogP contribution in [-0.4, -0.2) is 89.0 Å². The minimum absolute atomic E-state index is 0.0178. The average Bonchev–Trinajstić information content (AvgIpc) is 3.60. The Bertz CT molecular complexity index is 1420. The van der Waals surface area contributed by atoms with E-state index in [2.05, 4.69) is 18.8 Å². The lowest BCUT2D eigenvalue weighted by Crippen LogP contribution is -2.54. The van der Waals surface area contributed by atoms with Crippen molar-refractivity contribution in [3.8, 4) is 0 Å². The summed E-state index contributed by atoms with van der Waals surface area (Å²) < 4.78 is 0. The molecule has 3 aliphatic carbocycles. The molecule has 5 atom stereocenters. The highest BCUT2D eigenvalue weighted by Crippen LogP contribution is 2.52. The van der Waals surface area contributed by atoms with Crippen molar-refractivity contribution < 1.29 is 19.8 Å². The molecule has 2 aliphatic heterocycles. The van der Waals surface area contributed by atoms with Crippen molar-refractivity contribution in [3.05, 3.63) is 95.4 Å². The summed E-state index contributed by atoms with van der Waals surface area (Å²) in [5, 5.41) is 26.4. The Morgan fingerprint density at radius 3 is 1.88 bits per heavy atom. The molecule has 5 fully saturated rings. The molecule has 9 heteroatoms. The number of nitrogens with two attached hydrogens (primary N) is 1. The highest BCUT2D eigenvalue weighted by Gasteiger charge is 2.59. The number of hydrogen-bond donors (Lipinski definition) is 4. The number of nitrogens with zero attached hydrogens (tertiary/aromatic N) is 2. The molecule has 3 saturated carbocycles. The summed E-state index contributed by atoms with van der Waals surface area (Å²) in [6.07, 6.45) is 9.38. The fraction of sp³-hybridized carbons (Fsp3) is 0.538. The van der Waals surface area contributed by atoms with E-state index in [0.717, 1.165) is 56.8 Å². The van der Waals surface area contributed by atoms with E-state index in [1.807, 2.05) is 76.7 Å². The zero-order valence-electron chi connectivity index (χ0n) is 28.3. The molecule has 48 heavy (non-hydrogen) atoms. The Hall–Kier alpha value is -2.95. The topological polar surface area (TPSA) is 119 Å². The van der Waals surface area contributed by atoms with E-state index in [4.69, 9.17) is 5.73 Å². The average molecular weight is 673 g/mol. The first-order valence-electron chi connectivity index (χ1n) is 17.7. The van der Waals surface area contributed by atoms with Crippen LogP contribution in [0.4, 0.5) is 0 Å². The number of benzene rings is 2. The molecule has 0 bridgehead atoms. The van der Waals surface area contributed by atoms with Gasteiger partial charge in [-0.2, -0.15) is 0 Å². The molecule has 5 N–H and O–H groups in total. The van der Waals surface area contributed by atoms with Crippen LogP contribution in [0, 0.1) is 35.5 Å². The third-order valence-electron chi connectivity index (χ3n) is 11.7. The number of hydrogen-bond acceptors (Lipinski definition) is 7. The number of nitrogens with one attached hydrogen (secondary N) is 1. The monoisotopic (exact) mass is 672 g/mol. The minimum Gasteiger partial charge on any atom is -0.375 e. The second kappa shape index (κ2) is 14.5. The molecule has 0 spiro atoms. The zero-order valence-corrected chi connectivity index (χ0v) is 29.2. The minimum atomic E-state index is -1.63. The van der Waals surface area contributed by atoms with Gasteiger partial charge in [0.2, 0.25) is 0 Å². The Labute approximate surface area is 289 Å². The standard InChI is InChI=1S/C22H26N2O2.C17H26N2O2S/c1-2-23-13-18-19-14-24(15-20(18)19)21(25)22(26,16-9-5-3-6-10-16)17-11-7-4-8-12-17;1-3-6-14(22-2)17(21,11-7-4-5-8-11)16(20)19-9-12-13(10-19)15(12)18/h3-12,18-20,23,26H,2,13-15H2,1H3;3,6,11-13,15,21H,1,4-5,7-10,18H2,2H3/b;14-6-. The van der Waals surface area contributed by atoms with Crippen molar-refractivity contribution in [1.82, 2.24) is 15.1 Å². The van der Waals surface area contributed by atoms with Gasteiger partial charge in [-0.3, -0.25) is 9.59 Å². The molecular formula is C39H52N4O4S. The number of fused-ring (bicyclic) bond motifs is 2. The Balaban J connectivity index is 0.000000170. The maximum atomic E-state index is 13.4. The summed E-state index contributed by atoms with van der Waals surface area (Å²) in [6.45, 7) is 10.8. The van der Waals surface area contributed by atoms with Crippen molar-refractivity contribution in [2.24, 2.45) is 41.2 Å². The molecule has 5 unspecified atom stereocenters. The van der Waals surface area contributed by atoms with Gasteiger partial charge in [0.1, 0.15) is 0 Å². The lowest BCUT2D eigenvalue weighted by molar-refractivity contribution is -0.151. The Kier molecular flexibility index (Phi) is 10.5. The number of carbonyl (C=O) groups excluding carboxylic acids is 2. The second-order valence-corrected chi connectivity index (χ2v) is 15.1. The van der Waals surface area contributed by atoms with Gasteiger partial charge < -0.3 is 31.1 Å². The maximum absolute atomic E-state index is 13.4. The van der Waals surface area contributed by atoms with Crippen molar-refractivity contribution in [2.75, 3.05) is 45.5 Å². The van der Waals surface area contributed by atoms with E-state index in [9.17, 15) is 19.8 Å². The normalized spacial score (nSPS) is 29.0. The number of piperidine rings is 2. The van der Waals surface area contributed by atoms with Gasteiger partial charge in [0.15, 0.2) is 11.2 Å². The van der Waals surface area contributed by atoms with Crippen molar-refractivity contribution in [3.63, 3.8) is 0 Å². The van der Waals surface area contributed by atoms with Gasteiger partial charge in [0, 0.05) is 43.0 Å². The molecule has 2 saturated heterocycles. The van der Waals surface area contributed by atoms with Crippen molar-refractivity contribution >= 4 is 23.6 Å². The molecule has 258 valence electrons. The van der Waals surface area contributed by atoms with Crippen LogP contribution >= 0.6 is 11.8 Å². The van der Waals surface area contributed by atoms with Crippen LogP contribution in [0.25, 0.3) is 0 Å². The highest BCUT2D eigenvalue weighted by atomic mass is 32.2. The number of likely N-dealkylation sites (tertiary alicyclic amines) is 2. The zero-order chi connectivity index (χ0) is 34.1. The van der Waals surface area contributed by atoms with Crippen LogP contribution in [0.1, 0.15) is 43.7 Å². The van der Waals surface area contributed by atoms with Gasteiger partial charge in [0.25, 0.3) is 11.8 Å². The predicted molar refractivity (Wildman–Crippen MR) is 192 cm³/mol. The third kappa shape index (κ3) is 6.40. The summed E-state index contributed by atoms with van der Waals surface area (Å²) in [4.78, 5) is 31.0. The first kappa shape index (κ1) is 34.9. The summed E-state index contributed by atoms with van der Waals surface area (Å²) in [5.41, 5.74) is 4.21. The van der Waals surface area contributed by atoms with Crippen LogP contribution in [0.15, 0.2) is 84.3 Å². The number of amides is 2. The van der Waals surface area contributed by atoms with Crippen molar-refractivity contribution in [2.45, 2.75) is 49.9 Å². The molecule has 0 radical (unpaired) electrons. The fourth-order valence-electron chi connectivity index (χ4n) is 8.69. The molecular weight excluding hydrogens is 621 g/mol. The highest BCUT2D eigenvalue weighted by molar-refractivity contribution is 8.02. The van der Waals surface area contributed by atoms with Gasteiger partial charge in [-0.1, -0.05) is 93.1 Å². The summed E-state index contributed by atoms with van der Waals surface area (Å²) in [6, 6.07) is 18.8. The first-order chi connectivity index (χ1) is 23.2. The quantitative estimate of drug-likeness (QED) is 0.267. The van der Waals surface area contributed by atoms with Crippen molar-refractivity contribution in [1.29, 1.82) is 0 Å². The van der Waals surface area contributed by atoms with Gasteiger partial charge in [0.05, 0.1) is 0 Å². The smallest absolute Gasteiger partial charge is 0.263 e. The number of rotatable bonds is 11. The summed E-state index contributed by atoms with van der Waals surface area (Å²) in [5.74, 6) is 2.41. The van der Waals surface area contributed by atoms with Gasteiger partial charge in [-0.05, 0) is 79.0 Å². The SMILES string of the molecule is C=C/C=C(\SC)C(O)(C(=O)N1CC2C(N)C2C1)C1CCCC1.CCNCC1C2CN(C(=O)C(O)(c3ccccc3)c3ccccc3)CC12. The van der Waals surface area contributed by atoms with Crippen LogP contribution in [-0.2, 0) is 15.2 Å². The van der Waals surface area contributed by atoms with E-state index >= 15 is 0 Å². The molecule has 2 heterocycles. The van der Waals surface area contributed by atoms with E-state index in [0.29, 0.717) is 53.8 Å². The van der Waals surface area contributed by atoms with Gasteiger partial charge in [-0.25, -0.2) is 0 Å². The molecule has 8 nitrogen and oxygen atoms in total. The van der Waals surface area contributed by atoms with Gasteiger partial charge in [-0.15, -0.1) is 11.8 Å². The Morgan fingerprint density at radius 2 is 1.40 bits per heavy atom. The number of allylic oxidation sites excluding steroid dienone is 2. The maximum Gasteiger partial charge on any atom is 0.263 e. The number of carbonyl (C=O) groups is 2. The Morgan fingerprint density at radius 1 is 0.896 bits per heavy atom. The number of aliphatic hydroxyl groups is 2. The van der Waals surface area contributed by atoms with Crippen LogP contribution < -0.4 is 11.1 Å². The molecule has 2 aromatic carbocycles.